The van der Waals surface area contributed by atoms with E-state index in [-0.39, 0.29) is 0 Å². The van der Waals surface area contributed by atoms with Crippen LogP contribution in [0.25, 0.3) is 0 Å². The van der Waals surface area contributed by atoms with Gasteiger partial charge in [-0.2, -0.15) is 0 Å². The first kappa shape index (κ1) is 10.0. The van der Waals surface area contributed by atoms with Crippen LogP contribution in [0.5, 0.6) is 0 Å². The lowest BCUT2D eigenvalue weighted by atomic mass is 10.1. The van der Waals surface area contributed by atoms with Crippen molar-refractivity contribution < 1.29 is 0 Å². The average molecular weight is 169 g/mol. The Hall–Kier alpha value is -0.0400. The lowest BCUT2D eigenvalue weighted by Gasteiger charge is -2.12. The quantitative estimate of drug-likeness (QED) is 0.624. The molecule has 0 aromatic heterocycles. The van der Waals surface area contributed by atoms with Crippen molar-refractivity contribution in [2.45, 2.75) is 70.9 Å². The summed E-state index contributed by atoms with van der Waals surface area (Å²) in [4.78, 5) is 0. The number of hydrogen-bond donors (Lipinski definition) is 1. The van der Waals surface area contributed by atoms with Crippen molar-refractivity contribution in [3.63, 3.8) is 0 Å². The Morgan fingerprint density at radius 1 is 1.08 bits per heavy atom. The van der Waals surface area contributed by atoms with Gasteiger partial charge in [0.05, 0.1) is 0 Å². The number of unbranched alkanes of at least 4 members (excludes halogenated alkanes) is 2. The molecule has 0 unspecified atom stereocenters. The van der Waals surface area contributed by atoms with E-state index >= 15 is 0 Å². The van der Waals surface area contributed by atoms with Gasteiger partial charge in [0.15, 0.2) is 0 Å². The van der Waals surface area contributed by atoms with Crippen LogP contribution in [0.3, 0.4) is 0 Å². The molecule has 1 saturated heterocycles. The minimum absolute atomic E-state index is 0.830. The maximum Gasteiger partial charge on any atom is 0.00702 e. The fourth-order valence-electron chi connectivity index (χ4n) is 2.09. The van der Waals surface area contributed by atoms with Crippen LogP contribution in [-0.4, -0.2) is 12.1 Å². The highest BCUT2D eigenvalue weighted by molar-refractivity contribution is 4.82. The van der Waals surface area contributed by atoms with Crippen molar-refractivity contribution >= 4 is 0 Å². The molecule has 0 bridgehead atoms. The number of nitrogens with one attached hydrogen (secondary N) is 1. The molecule has 1 aliphatic rings. The molecule has 1 nitrogen and oxygen atoms in total. The van der Waals surface area contributed by atoms with E-state index in [0.29, 0.717) is 0 Å². The molecule has 0 amide bonds. The Balaban J connectivity index is 2.03. The summed E-state index contributed by atoms with van der Waals surface area (Å²) in [6, 6.07) is 1.68. The van der Waals surface area contributed by atoms with E-state index in [1.54, 1.807) is 0 Å². The van der Waals surface area contributed by atoms with Gasteiger partial charge in [-0.05, 0) is 25.7 Å². The lowest BCUT2D eigenvalue weighted by Crippen LogP contribution is -2.28. The van der Waals surface area contributed by atoms with E-state index < -0.39 is 0 Å². The Morgan fingerprint density at radius 2 is 1.83 bits per heavy atom. The molecule has 12 heavy (non-hydrogen) atoms. The van der Waals surface area contributed by atoms with Gasteiger partial charge in [-0.1, -0.05) is 33.1 Å². The maximum atomic E-state index is 3.70. The molecular weight excluding hydrogens is 146 g/mol. The zero-order valence-corrected chi connectivity index (χ0v) is 8.60. The Kier molecular flexibility index (Phi) is 4.67. The number of hydrogen-bond acceptors (Lipinski definition) is 1. The smallest absolute Gasteiger partial charge is 0.00702 e. The second kappa shape index (κ2) is 5.58. The first-order valence-corrected chi connectivity index (χ1v) is 5.62. The average Bonchev–Trinajstić information content (AvgIpc) is 2.53. The summed E-state index contributed by atoms with van der Waals surface area (Å²) in [6.45, 7) is 4.56. The summed E-state index contributed by atoms with van der Waals surface area (Å²) in [7, 11) is 0. The Bertz CT molecular complexity index is 112. The second-order valence-electron chi connectivity index (χ2n) is 4.04. The highest BCUT2D eigenvalue weighted by atomic mass is 15.0. The van der Waals surface area contributed by atoms with Crippen molar-refractivity contribution in [2.75, 3.05) is 0 Å². The fourth-order valence-corrected chi connectivity index (χ4v) is 2.09. The maximum absolute atomic E-state index is 3.70. The van der Waals surface area contributed by atoms with Crippen LogP contribution in [0.4, 0.5) is 0 Å². The molecule has 1 fully saturated rings. The Labute approximate surface area is 76.9 Å². The molecule has 1 N–H and O–H groups in total. The van der Waals surface area contributed by atoms with E-state index in [1.807, 2.05) is 0 Å². The Morgan fingerprint density at radius 3 is 2.42 bits per heavy atom. The normalized spacial score (nSPS) is 29.5. The van der Waals surface area contributed by atoms with Crippen LogP contribution in [-0.2, 0) is 0 Å². The second-order valence-corrected chi connectivity index (χ2v) is 4.04. The van der Waals surface area contributed by atoms with Crippen LogP contribution in [0.1, 0.15) is 58.8 Å². The van der Waals surface area contributed by atoms with Gasteiger partial charge in [-0.25, -0.2) is 0 Å². The molecule has 1 rings (SSSR count). The van der Waals surface area contributed by atoms with E-state index in [2.05, 4.69) is 19.2 Å². The third kappa shape index (κ3) is 3.14. The summed E-state index contributed by atoms with van der Waals surface area (Å²) in [6.07, 6.45) is 9.73. The zero-order valence-electron chi connectivity index (χ0n) is 8.60. The zero-order chi connectivity index (χ0) is 8.81. The predicted octanol–water partition coefficient (Wildman–Crippen LogP) is 3.10. The molecule has 0 spiro atoms. The highest BCUT2D eigenvalue weighted by Gasteiger charge is 2.20. The monoisotopic (exact) mass is 169 g/mol. The molecule has 0 saturated carbocycles. The van der Waals surface area contributed by atoms with Crippen molar-refractivity contribution in [1.29, 1.82) is 0 Å². The summed E-state index contributed by atoms with van der Waals surface area (Å²) < 4.78 is 0. The minimum atomic E-state index is 0.830. The van der Waals surface area contributed by atoms with Gasteiger partial charge in [0.25, 0.3) is 0 Å². The summed E-state index contributed by atoms with van der Waals surface area (Å²) in [5, 5.41) is 3.70. The SMILES string of the molecule is CCCCC[C@H]1CC[C@H](CC)N1. The summed E-state index contributed by atoms with van der Waals surface area (Å²) >= 11 is 0. The van der Waals surface area contributed by atoms with E-state index in [9.17, 15) is 0 Å². The molecule has 1 heterocycles. The van der Waals surface area contributed by atoms with Crippen molar-refractivity contribution in [3.05, 3.63) is 0 Å². The van der Waals surface area contributed by atoms with E-state index in [0.717, 1.165) is 12.1 Å². The topological polar surface area (TPSA) is 12.0 Å². The first-order valence-electron chi connectivity index (χ1n) is 5.62. The number of rotatable bonds is 5. The first-order chi connectivity index (χ1) is 5.86. The van der Waals surface area contributed by atoms with Gasteiger partial charge in [0.2, 0.25) is 0 Å². The molecular formula is C11H23N. The molecule has 0 radical (unpaired) electrons. The molecule has 0 aliphatic carbocycles. The molecule has 0 aromatic rings. The van der Waals surface area contributed by atoms with Crippen LogP contribution in [0.15, 0.2) is 0 Å². The van der Waals surface area contributed by atoms with Gasteiger partial charge >= 0.3 is 0 Å². The highest BCUT2D eigenvalue weighted by Crippen LogP contribution is 2.18. The minimum Gasteiger partial charge on any atom is -0.311 e. The largest absolute Gasteiger partial charge is 0.311 e. The van der Waals surface area contributed by atoms with Crippen LogP contribution < -0.4 is 5.32 Å². The van der Waals surface area contributed by atoms with Crippen LogP contribution in [0.2, 0.25) is 0 Å². The summed E-state index contributed by atoms with van der Waals surface area (Å²) in [5.74, 6) is 0. The molecule has 1 heteroatoms. The van der Waals surface area contributed by atoms with E-state index in [4.69, 9.17) is 0 Å². The molecule has 1 aliphatic heterocycles. The van der Waals surface area contributed by atoms with Gasteiger partial charge < -0.3 is 5.32 Å². The van der Waals surface area contributed by atoms with Gasteiger partial charge in [-0.15, -0.1) is 0 Å². The van der Waals surface area contributed by atoms with Crippen molar-refractivity contribution in [2.24, 2.45) is 0 Å². The fraction of sp³-hybridized carbons (Fsp3) is 1.00. The predicted molar refractivity (Wildman–Crippen MR) is 54.4 cm³/mol. The van der Waals surface area contributed by atoms with Gasteiger partial charge in [0, 0.05) is 12.1 Å². The third-order valence-electron chi connectivity index (χ3n) is 2.98. The van der Waals surface area contributed by atoms with Crippen molar-refractivity contribution in [3.8, 4) is 0 Å². The molecule has 0 aromatic carbocycles. The summed E-state index contributed by atoms with van der Waals surface area (Å²) in [5.41, 5.74) is 0. The lowest BCUT2D eigenvalue weighted by molar-refractivity contribution is 0.482. The molecule has 72 valence electrons. The van der Waals surface area contributed by atoms with Gasteiger partial charge in [-0.3, -0.25) is 0 Å². The van der Waals surface area contributed by atoms with E-state index in [1.165, 1.54) is 44.9 Å². The van der Waals surface area contributed by atoms with Crippen LogP contribution in [0, 0.1) is 0 Å². The van der Waals surface area contributed by atoms with Crippen LogP contribution >= 0.6 is 0 Å². The third-order valence-corrected chi connectivity index (χ3v) is 2.98. The van der Waals surface area contributed by atoms with Gasteiger partial charge in [0.1, 0.15) is 0 Å². The van der Waals surface area contributed by atoms with Crippen molar-refractivity contribution in [1.82, 2.24) is 5.32 Å². The molecule has 2 atom stereocenters. The standard InChI is InChI=1S/C11H23N/c1-3-5-6-7-11-9-8-10(4-2)12-11/h10-12H,3-9H2,1-2H3/t10-,11-/m0/s1.